The summed E-state index contributed by atoms with van der Waals surface area (Å²) in [6.07, 6.45) is 2.80. The predicted octanol–water partition coefficient (Wildman–Crippen LogP) is 2.20. The molecule has 0 atom stereocenters. The quantitative estimate of drug-likeness (QED) is 0.310. The maximum atomic E-state index is 4.00. The second-order valence-corrected chi connectivity index (χ2v) is 2.07. The van der Waals surface area contributed by atoms with Crippen molar-refractivity contribution >= 4 is 5.87 Å². The van der Waals surface area contributed by atoms with E-state index in [4.69, 9.17) is 0 Å². The smallest absolute Gasteiger partial charge is 0.0518 e. The van der Waals surface area contributed by atoms with Crippen LogP contribution >= 0.6 is 0 Å². The van der Waals surface area contributed by atoms with Gasteiger partial charge < -0.3 is 0 Å². The van der Waals surface area contributed by atoms with Gasteiger partial charge in [0.2, 0.25) is 0 Å². The van der Waals surface area contributed by atoms with Crippen molar-refractivity contribution in [2.75, 3.05) is 6.54 Å². The first-order valence-corrected chi connectivity index (χ1v) is 3.11. The van der Waals surface area contributed by atoms with Crippen LogP contribution in [0.5, 0.6) is 0 Å². The van der Waals surface area contributed by atoms with Gasteiger partial charge in [-0.3, -0.25) is 0 Å². The summed E-state index contributed by atoms with van der Waals surface area (Å²) < 4.78 is 0. The highest BCUT2D eigenvalue weighted by molar-refractivity contribution is 5.55. The Morgan fingerprint density at radius 1 is 1.67 bits per heavy atom. The van der Waals surface area contributed by atoms with Crippen molar-refractivity contribution in [3.63, 3.8) is 0 Å². The molecule has 0 unspecified atom stereocenters. The van der Waals surface area contributed by atoms with E-state index in [1.807, 2.05) is 19.9 Å². The monoisotopic (exact) mass is 123 g/mol. The largest absolute Gasteiger partial charge is 0.243 e. The SMILES string of the molecule is C=CCCN=C=C(C)C. The lowest BCUT2D eigenvalue weighted by Gasteiger charge is -1.80. The molecule has 0 spiro atoms. The van der Waals surface area contributed by atoms with Crippen molar-refractivity contribution in [3.05, 3.63) is 18.2 Å². The summed E-state index contributed by atoms with van der Waals surface area (Å²) in [5, 5.41) is 0. The molecule has 0 aliphatic carbocycles. The van der Waals surface area contributed by atoms with Crippen LogP contribution in [0.25, 0.3) is 0 Å². The molecule has 0 radical (unpaired) electrons. The highest BCUT2D eigenvalue weighted by Crippen LogP contribution is 1.81. The molecule has 0 aromatic rings. The van der Waals surface area contributed by atoms with Gasteiger partial charge >= 0.3 is 0 Å². The van der Waals surface area contributed by atoms with Crippen molar-refractivity contribution in [2.45, 2.75) is 20.3 Å². The number of hydrogen-bond acceptors (Lipinski definition) is 1. The summed E-state index contributed by atoms with van der Waals surface area (Å²) in [6.45, 7) is 8.36. The fourth-order valence-corrected chi connectivity index (χ4v) is 0.370. The van der Waals surface area contributed by atoms with Crippen LogP contribution in [0.15, 0.2) is 23.2 Å². The summed E-state index contributed by atoms with van der Waals surface area (Å²) in [5.74, 6) is 2.87. The van der Waals surface area contributed by atoms with E-state index in [0.717, 1.165) is 18.5 Å². The number of allylic oxidation sites excluding steroid dienone is 1. The predicted molar refractivity (Wildman–Crippen MR) is 42.0 cm³/mol. The third-order valence-corrected chi connectivity index (χ3v) is 0.748. The molecule has 0 amide bonds. The molecule has 0 N–H and O–H groups in total. The van der Waals surface area contributed by atoms with Gasteiger partial charge in [-0.15, -0.1) is 6.58 Å². The normalized spacial score (nSPS) is 7.78. The second-order valence-electron chi connectivity index (χ2n) is 2.07. The third kappa shape index (κ3) is 7.19. The van der Waals surface area contributed by atoms with Crippen molar-refractivity contribution in [2.24, 2.45) is 4.99 Å². The molecule has 0 heterocycles. The molecule has 0 aliphatic heterocycles. The zero-order chi connectivity index (χ0) is 7.11. The Morgan fingerprint density at radius 3 is 2.78 bits per heavy atom. The van der Waals surface area contributed by atoms with Crippen LogP contribution in [-0.4, -0.2) is 12.4 Å². The second kappa shape index (κ2) is 5.33. The van der Waals surface area contributed by atoms with Crippen LogP contribution < -0.4 is 0 Å². The highest BCUT2D eigenvalue weighted by atomic mass is 14.7. The van der Waals surface area contributed by atoms with Crippen LogP contribution in [0.3, 0.4) is 0 Å². The van der Waals surface area contributed by atoms with E-state index in [0.29, 0.717) is 0 Å². The van der Waals surface area contributed by atoms with Gasteiger partial charge in [0, 0.05) is 0 Å². The Balaban J connectivity index is 3.47. The van der Waals surface area contributed by atoms with Gasteiger partial charge in [0.1, 0.15) is 0 Å². The Labute approximate surface area is 56.8 Å². The lowest BCUT2D eigenvalue weighted by atomic mass is 10.4. The molecular weight excluding hydrogens is 110 g/mol. The minimum atomic E-state index is 0.814. The van der Waals surface area contributed by atoms with Gasteiger partial charge in [0.25, 0.3) is 0 Å². The van der Waals surface area contributed by atoms with Crippen LogP contribution in [0.4, 0.5) is 0 Å². The molecule has 0 saturated carbocycles. The zero-order valence-electron chi connectivity index (χ0n) is 6.15. The summed E-state index contributed by atoms with van der Waals surface area (Å²) >= 11 is 0. The lowest BCUT2D eigenvalue weighted by Crippen LogP contribution is -1.74. The Hall–Kier alpha value is -0.810. The first kappa shape index (κ1) is 8.19. The molecule has 0 aromatic heterocycles. The van der Waals surface area contributed by atoms with Gasteiger partial charge in [0.15, 0.2) is 0 Å². The summed E-state index contributed by atoms with van der Waals surface area (Å²) in [6, 6.07) is 0. The van der Waals surface area contributed by atoms with E-state index in [1.54, 1.807) is 0 Å². The number of nitrogens with zero attached hydrogens (tertiary/aromatic N) is 1. The van der Waals surface area contributed by atoms with E-state index < -0.39 is 0 Å². The van der Waals surface area contributed by atoms with Crippen molar-refractivity contribution in [1.29, 1.82) is 0 Å². The van der Waals surface area contributed by atoms with E-state index in [9.17, 15) is 0 Å². The van der Waals surface area contributed by atoms with Crippen molar-refractivity contribution in [3.8, 4) is 0 Å². The average molecular weight is 123 g/mol. The maximum Gasteiger partial charge on any atom is 0.0518 e. The Kier molecular flexibility index (Phi) is 4.85. The van der Waals surface area contributed by atoms with Crippen LogP contribution in [0.1, 0.15) is 20.3 Å². The average Bonchev–Trinajstić information content (AvgIpc) is 1.80. The number of aliphatic imine (C=N–C) groups is 1. The van der Waals surface area contributed by atoms with Crippen LogP contribution in [-0.2, 0) is 0 Å². The molecule has 0 bridgehead atoms. The molecular formula is C8H13N. The van der Waals surface area contributed by atoms with Gasteiger partial charge in [0.05, 0.1) is 6.54 Å². The molecule has 1 nitrogen and oxygen atoms in total. The van der Waals surface area contributed by atoms with Crippen molar-refractivity contribution in [1.82, 2.24) is 0 Å². The molecule has 9 heavy (non-hydrogen) atoms. The van der Waals surface area contributed by atoms with Gasteiger partial charge in [-0.2, -0.15) is 0 Å². The minimum absolute atomic E-state index is 0.814. The van der Waals surface area contributed by atoms with Crippen molar-refractivity contribution < 1.29 is 0 Å². The summed E-state index contributed by atoms with van der Waals surface area (Å²) in [7, 11) is 0. The molecule has 0 aromatic carbocycles. The molecule has 0 aliphatic rings. The van der Waals surface area contributed by atoms with Crippen LogP contribution in [0.2, 0.25) is 0 Å². The minimum Gasteiger partial charge on any atom is -0.243 e. The topological polar surface area (TPSA) is 12.4 Å². The summed E-state index contributed by atoms with van der Waals surface area (Å²) in [5.41, 5.74) is 1.12. The van der Waals surface area contributed by atoms with Gasteiger partial charge in [-0.05, 0) is 31.7 Å². The first-order valence-electron chi connectivity index (χ1n) is 3.11. The number of hydrogen-bond donors (Lipinski definition) is 0. The van der Waals surface area contributed by atoms with E-state index in [2.05, 4.69) is 17.4 Å². The fourth-order valence-electron chi connectivity index (χ4n) is 0.370. The van der Waals surface area contributed by atoms with Gasteiger partial charge in [-0.25, -0.2) is 4.99 Å². The Morgan fingerprint density at radius 2 is 2.33 bits per heavy atom. The summed E-state index contributed by atoms with van der Waals surface area (Å²) in [4.78, 5) is 4.00. The standard InChI is InChI=1S/C8H13N/c1-4-5-6-9-7-8(2)3/h4H,1,5-6H2,2-3H3. The lowest BCUT2D eigenvalue weighted by molar-refractivity contribution is 1.02. The maximum absolute atomic E-state index is 4.00. The zero-order valence-corrected chi connectivity index (χ0v) is 6.15. The fraction of sp³-hybridized carbons (Fsp3) is 0.500. The molecule has 0 saturated heterocycles. The van der Waals surface area contributed by atoms with E-state index in [-0.39, 0.29) is 0 Å². The molecule has 0 fully saturated rings. The Bertz CT molecular complexity index is 135. The number of rotatable bonds is 3. The van der Waals surface area contributed by atoms with Gasteiger partial charge in [-0.1, -0.05) is 6.08 Å². The molecule has 1 heteroatoms. The van der Waals surface area contributed by atoms with E-state index >= 15 is 0 Å². The molecule has 50 valence electrons. The third-order valence-electron chi connectivity index (χ3n) is 0.748. The highest BCUT2D eigenvalue weighted by Gasteiger charge is 1.72. The van der Waals surface area contributed by atoms with Crippen LogP contribution in [0, 0.1) is 0 Å². The first-order chi connectivity index (χ1) is 4.27. The molecule has 0 rings (SSSR count). The van der Waals surface area contributed by atoms with E-state index in [1.165, 1.54) is 0 Å².